The van der Waals surface area contributed by atoms with Gasteiger partial charge in [0.15, 0.2) is 5.82 Å². The number of hydrogen-bond donors (Lipinski definition) is 0. The fourth-order valence-corrected chi connectivity index (χ4v) is 3.16. The van der Waals surface area contributed by atoms with Gasteiger partial charge < -0.3 is 14.4 Å². The third-order valence-corrected chi connectivity index (χ3v) is 4.41. The van der Waals surface area contributed by atoms with Gasteiger partial charge >= 0.3 is 0 Å². The van der Waals surface area contributed by atoms with Crippen LogP contribution in [0.4, 0.5) is 5.13 Å². The van der Waals surface area contributed by atoms with Crippen LogP contribution in [0.1, 0.15) is 18.3 Å². The van der Waals surface area contributed by atoms with Crippen molar-refractivity contribution in [3.05, 3.63) is 23.8 Å². The molecule has 0 aromatic carbocycles. The fourth-order valence-electron chi connectivity index (χ4n) is 2.46. The van der Waals surface area contributed by atoms with Gasteiger partial charge in [0.1, 0.15) is 12.2 Å². The van der Waals surface area contributed by atoms with E-state index in [0.29, 0.717) is 13.2 Å². The number of anilines is 1. The molecule has 0 radical (unpaired) electrons. The number of methoxy groups -OCH3 is 1. The monoisotopic (exact) mass is 309 g/mol. The molecule has 0 spiro atoms. The van der Waals surface area contributed by atoms with Crippen LogP contribution < -0.4 is 4.90 Å². The van der Waals surface area contributed by atoms with E-state index >= 15 is 0 Å². The zero-order chi connectivity index (χ0) is 14.9. The SMILES string of the molecule is COCc1nsc(N2CCOC(C)(c3cnn(C)c3)C2)n1. The minimum Gasteiger partial charge on any atom is -0.377 e. The van der Waals surface area contributed by atoms with E-state index in [4.69, 9.17) is 9.47 Å². The van der Waals surface area contributed by atoms with Crippen LogP contribution in [0.15, 0.2) is 12.4 Å². The Labute approximate surface area is 127 Å². The van der Waals surface area contributed by atoms with Gasteiger partial charge in [-0.1, -0.05) is 0 Å². The summed E-state index contributed by atoms with van der Waals surface area (Å²) in [5.41, 5.74) is 0.705. The van der Waals surface area contributed by atoms with Crippen molar-refractivity contribution in [3.63, 3.8) is 0 Å². The van der Waals surface area contributed by atoms with Gasteiger partial charge in [-0.05, 0) is 6.92 Å². The summed E-state index contributed by atoms with van der Waals surface area (Å²) < 4.78 is 17.2. The lowest BCUT2D eigenvalue weighted by molar-refractivity contribution is -0.0466. The van der Waals surface area contributed by atoms with Crippen molar-refractivity contribution in [2.75, 3.05) is 31.7 Å². The van der Waals surface area contributed by atoms with E-state index in [0.717, 1.165) is 29.6 Å². The Morgan fingerprint density at radius 3 is 3.10 bits per heavy atom. The lowest BCUT2D eigenvalue weighted by Gasteiger charge is -2.39. The molecule has 2 aromatic rings. The number of aromatic nitrogens is 4. The summed E-state index contributed by atoms with van der Waals surface area (Å²) >= 11 is 1.41. The molecule has 1 unspecified atom stereocenters. The number of ether oxygens (including phenoxy) is 2. The van der Waals surface area contributed by atoms with Crippen molar-refractivity contribution < 1.29 is 9.47 Å². The Bertz CT molecular complexity index is 613. The van der Waals surface area contributed by atoms with Crippen molar-refractivity contribution >= 4 is 16.7 Å². The van der Waals surface area contributed by atoms with Crippen LogP contribution in [0.3, 0.4) is 0 Å². The quantitative estimate of drug-likeness (QED) is 0.845. The van der Waals surface area contributed by atoms with Crippen LogP contribution in [-0.2, 0) is 28.7 Å². The molecule has 0 saturated carbocycles. The first-order valence-electron chi connectivity index (χ1n) is 6.80. The Hall–Kier alpha value is -1.51. The highest BCUT2D eigenvalue weighted by molar-refractivity contribution is 7.09. The van der Waals surface area contributed by atoms with Gasteiger partial charge in [0.05, 0.1) is 19.3 Å². The molecule has 8 heteroatoms. The molecule has 3 rings (SSSR count). The summed E-state index contributed by atoms with van der Waals surface area (Å²) in [7, 11) is 3.56. The van der Waals surface area contributed by atoms with Crippen molar-refractivity contribution in [1.82, 2.24) is 19.1 Å². The average molecular weight is 309 g/mol. The van der Waals surface area contributed by atoms with Gasteiger partial charge in [-0.15, -0.1) is 0 Å². The first kappa shape index (κ1) is 14.4. The summed E-state index contributed by atoms with van der Waals surface area (Å²) in [6.45, 7) is 4.75. The number of rotatable bonds is 4. The van der Waals surface area contributed by atoms with Gasteiger partial charge in [0.25, 0.3) is 0 Å². The van der Waals surface area contributed by atoms with Crippen LogP contribution >= 0.6 is 11.5 Å². The molecule has 0 bridgehead atoms. The molecule has 1 aliphatic heterocycles. The molecule has 1 saturated heterocycles. The molecule has 114 valence electrons. The van der Waals surface area contributed by atoms with Crippen molar-refractivity contribution in [3.8, 4) is 0 Å². The lowest BCUT2D eigenvalue weighted by Crippen LogP contribution is -2.48. The largest absolute Gasteiger partial charge is 0.377 e. The maximum atomic E-state index is 6.01. The second-order valence-corrected chi connectivity index (χ2v) is 6.06. The van der Waals surface area contributed by atoms with E-state index < -0.39 is 0 Å². The van der Waals surface area contributed by atoms with Gasteiger partial charge in [-0.3, -0.25) is 4.68 Å². The highest BCUT2D eigenvalue weighted by atomic mass is 32.1. The second kappa shape index (κ2) is 5.70. The Morgan fingerprint density at radius 2 is 2.38 bits per heavy atom. The smallest absolute Gasteiger partial charge is 0.205 e. The standard InChI is InChI=1S/C13H19N5O2S/c1-13(10-6-14-17(2)7-10)9-18(4-5-20-13)12-15-11(8-19-3)16-21-12/h6-7H,4-5,8-9H2,1-3H3. The molecule has 0 aliphatic carbocycles. The van der Waals surface area contributed by atoms with Gasteiger partial charge in [0.2, 0.25) is 5.13 Å². The first-order valence-corrected chi connectivity index (χ1v) is 7.57. The van der Waals surface area contributed by atoms with Crippen molar-refractivity contribution in [2.45, 2.75) is 19.1 Å². The summed E-state index contributed by atoms with van der Waals surface area (Å²) in [6, 6.07) is 0. The van der Waals surface area contributed by atoms with E-state index in [1.54, 1.807) is 11.8 Å². The molecule has 2 aromatic heterocycles. The maximum absolute atomic E-state index is 6.01. The van der Waals surface area contributed by atoms with E-state index in [1.807, 2.05) is 19.4 Å². The molecule has 0 N–H and O–H groups in total. The number of nitrogens with zero attached hydrogens (tertiary/aromatic N) is 5. The maximum Gasteiger partial charge on any atom is 0.205 e. The number of hydrogen-bond acceptors (Lipinski definition) is 7. The van der Waals surface area contributed by atoms with E-state index in [9.17, 15) is 0 Å². The molecular formula is C13H19N5O2S. The predicted octanol–water partition coefficient (Wildman–Crippen LogP) is 1.17. The Kier molecular flexibility index (Phi) is 3.92. The van der Waals surface area contributed by atoms with Crippen LogP contribution in [0.2, 0.25) is 0 Å². The summed E-state index contributed by atoms with van der Waals surface area (Å²) in [5, 5.41) is 5.16. The zero-order valence-corrected chi connectivity index (χ0v) is 13.3. The van der Waals surface area contributed by atoms with Crippen LogP contribution in [0.5, 0.6) is 0 Å². The minimum atomic E-state index is -0.375. The highest BCUT2D eigenvalue weighted by Gasteiger charge is 2.36. The third-order valence-electron chi connectivity index (χ3n) is 3.59. The molecule has 7 nitrogen and oxygen atoms in total. The normalized spacial score (nSPS) is 22.7. The molecule has 1 atom stereocenters. The van der Waals surface area contributed by atoms with Crippen LogP contribution in [-0.4, -0.2) is 45.9 Å². The van der Waals surface area contributed by atoms with Gasteiger partial charge in [-0.2, -0.15) is 9.47 Å². The highest BCUT2D eigenvalue weighted by Crippen LogP contribution is 2.32. The third kappa shape index (κ3) is 2.92. The predicted molar refractivity (Wildman–Crippen MR) is 79.3 cm³/mol. The van der Waals surface area contributed by atoms with E-state index in [1.165, 1.54) is 11.5 Å². The van der Waals surface area contributed by atoms with E-state index in [2.05, 4.69) is 26.3 Å². The fraction of sp³-hybridized carbons (Fsp3) is 0.615. The summed E-state index contributed by atoms with van der Waals surface area (Å²) in [5.74, 6) is 0.729. The van der Waals surface area contributed by atoms with Gasteiger partial charge in [-0.25, -0.2) is 4.98 Å². The topological polar surface area (TPSA) is 65.3 Å². The molecule has 1 fully saturated rings. The van der Waals surface area contributed by atoms with Crippen molar-refractivity contribution in [2.24, 2.45) is 7.05 Å². The molecule has 3 heterocycles. The number of aryl methyl sites for hydroxylation is 1. The molecule has 21 heavy (non-hydrogen) atoms. The second-order valence-electron chi connectivity index (χ2n) is 5.33. The minimum absolute atomic E-state index is 0.375. The molecule has 0 amide bonds. The molecular weight excluding hydrogens is 290 g/mol. The average Bonchev–Trinajstić information content (AvgIpc) is 3.09. The van der Waals surface area contributed by atoms with E-state index in [-0.39, 0.29) is 5.60 Å². The van der Waals surface area contributed by atoms with Crippen molar-refractivity contribution in [1.29, 1.82) is 0 Å². The number of morpholine rings is 1. The Balaban J connectivity index is 1.78. The lowest BCUT2D eigenvalue weighted by atomic mass is 9.97. The van der Waals surface area contributed by atoms with Crippen LogP contribution in [0, 0.1) is 0 Å². The summed E-state index contributed by atoms with van der Waals surface area (Å²) in [4.78, 5) is 6.74. The first-order chi connectivity index (χ1) is 10.1. The van der Waals surface area contributed by atoms with Gasteiger partial charge in [0, 0.05) is 44.0 Å². The van der Waals surface area contributed by atoms with Crippen LogP contribution in [0.25, 0.3) is 0 Å². The Morgan fingerprint density at radius 1 is 1.52 bits per heavy atom. The zero-order valence-electron chi connectivity index (χ0n) is 12.4. The summed E-state index contributed by atoms with van der Waals surface area (Å²) in [6.07, 6.45) is 3.86. The molecule has 1 aliphatic rings.